The summed E-state index contributed by atoms with van der Waals surface area (Å²) < 4.78 is 33.4. The minimum Gasteiger partial charge on any atom is -0.497 e. The van der Waals surface area contributed by atoms with E-state index in [0.717, 1.165) is 10.9 Å². The van der Waals surface area contributed by atoms with Crippen LogP contribution in [0.1, 0.15) is 42.7 Å². The van der Waals surface area contributed by atoms with Crippen LogP contribution in [0.15, 0.2) is 95.9 Å². The number of ether oxygens (including phenoxy) is 1. The number of primary amides is 1. The zero-order valence-corrected chi connectivity index (χ0v) is 28.3. The van der Waals surface area contributed by atoms with Gasteiger partial charge in [-0.2, -0.15) is 0 Å². The number of pyridine rings is 1. The lowest BCUT2D eigenvalue weighted by Crippen LogP contribution is -2.56. The Morgan fingerprint density at radius 2 is 1.61 bits per heavy atom. The summed E-state index contributed by atoms with van der Waals surface area (Å²) in [5.41, 5.74) is 6.74. The van der Waals surface area contributed by atoms with Crippen LogP contribution in [-0.4, -0.2) is 78.6 Å². The molecule has 3 aromatic carbocycles. The number of rotatable bonds is 17. The van der Waals surface area contributed by atoms with Crippen LogP contribution in [0, 0.1) is 0 Å². The van der Waals surface area contributed by atoms with Crippen molar-refractivity contribution >= 4 is 38.6 Å². The van der Waals surface area contributed by atoms with E-state index in [1.54, 1.807) is 55.5 Å². The van der Waals surface area contributed by atoms with E-state index in [-0.39, 0.29) is 17.0 Å². The maximum absolute atomic E-state index is 13.7. The Balaban J connectivity index is 1.60. The van der Waals surface area contributed by atoms with E-state index in [2.05, 4.69) is 15.6 Å². The third kappa shape index (κ3) is 10.1. The molecule has 0 saturated heterocycles. The van der Waals surface area contributed by atoms with E-state index in [0.29, 0.717) is 22.2 Å². The Bertz CT molecular complexity index is 1840. The number of fused-ring (bicyclic) bond motifs is 1. The number of carbonyl (C=O) groups is 3. The van der Waals surface area contributed by atoms with Crippen molar-refractivity contribution in [1.82, 2.24) is 20.1 Å². The number of para-hydroxylation sites is 1. The molecule has 0 aliphatic rings. The van der Waals surface area contributed by atoms with Crippen LogP contribution in [0.4, 0.5) is 0 Å². The topological polar surface area (TPSA) is 190 Å². The first-order valence-corrected chi connectivity index (χ1v) is 17.2. The quantitative estimate of drug-likeness (QED) is 0.121. The second-order valence-electron chi connectivity index (χ2n) is 11.4. The van der Waals surface area contributed by atoms with Crippen molar-refractivity contribution < 1.29 is 37.5 Å². The molecule has 0 bridgehead atoms. The first-order chi connectivity index (χ1) is 23.4. The van der Waals surface area contributed by atoms with Gasteiger partial charge < -0.3 is 26.2 Å². The predicted molar refractivity (Wildman–Crippen MR) is 183 cm³/mol. The Kier molecular flexibility index (Phi) is 12.8. The standard InChI is InChI=1S/C35H41N5O8S/c1-4-23(2)48-40(49(45,46)27-17-15-26(47-3)16-18-27)22-32(41)30(20-24-10-6-5-7-11-24)38-35(44)31(21-33(36)42)39-34(43)29-19-14-25-12-8-9-13-28(25)37-29/h5-19,23,30-32,41H,4,20-22H2,1-3H3,(H2,36,42)(H,38,44)(H,39,43)/t23?,30-,31-,32+/m0/s1. The molecule has 4 atom stereocenters. The molecule has 4 aromatic rings. The Morgan fingerprint density at radius 1 is 0.939 bits per heavy atom. The van der Waals surface area contributed by atoms with E-state index >= 15 is 0 Å². The molecule has 0 aliphatic carbocycles. The molecule has 1 unspecified atom stereocenters. The number of hydroxylamine groups is 1. The maximum Gasteiger partial charge on any atom is 0.270 e. The summed E-state index contributed by atoms with van der Waals surface area (Å²) in [6, 6.07) is 22.5. The van der Waals surface area contributed by atoms with E-state index in [9.17, 15) is 27.9 Å². The summed E-state index contributed by atoms with van der Waals surface area (Å²) in [5.74, 6) is -1.94. The van der Waals surface area contributed by atoms with E-state index in [1.807, 2.05) is 19.1 Å². The zero-order chi connectivity index (χ0) is 35.6. The zero-order valence-electron chi connectivity index (χ0n) is 27.5. The van der Waals surface area contributed by atoms with Gasteiger partial charge in [0.2, 0.25) is 11.8 Å². The van der Waals surface area contributed by atoms with Crippen LogP contribution in [0.3, 0.4) is 0 Å². The number of sulfonamides is 1. The highest BCUT2D eigenvalue weighted by Gasteiger charge is 2.34. The highest BCUT2D eigenvalue weighted by atomic mass is 32.2. The monoisotopic (exact) mass is 691 g/mol. The number of nitrogens with one attached hydrogen (secondary N) is 2. The molecule has 3 amide bonds. The number of amides is 3. The number of aliphatic hydroxyl groups is 1. The van der Waals surface area contributed by atoms with Crippen molar-refractivity contribution in [3.8, 4) is 5.75 Å². The fraction of sp³-hybridized carbons (Fsp3) is 0.314. The average molecular weight is 692 g/mol. The van der Waals surface area contributed by atoms with E-state index in [4.69, 9.17) is 15.3 Å². The Morgan fingerprint density at radius 3 is 2.27 bits per heavy atom. The number of benzene rings is 3. The number of carbonyl (C=O) groups excluding carboxylic acids is 3. The SMILES string of the molecule is CCC(C)ON(C[C@@H](O)[C@H](Cc1ccccc1)NC(=O)[C@H](CC(N)=O)NC(=O)c1ccc2ccccc2n1)S(=O)(=O)c1ccc(OC)cc1. The fourth-order valence-corrected chi connectivity index (χ4v) is 6.21. The molecule has 1 aromatic heterocycles. The number of methoxy groups -OCH3 is 1. The smallest absolute Gasteiger partial charge is 0.270 e. The number of nitrogens with two attached hydrogens (primary N) is 1. The Labute approximate surface area is 285 Å². The molecule has 0 aliphatic heterocycles. The van der Waals surface area contributed by atoms with Gasteiger partial charge in [0.15, 0.2) is 0 Å². The van der Waals surface area contributed by atoms with Gasteiger partial charge in [0.05, 0.1) is 48.7 Å². The van der Waals surface area contributed by atoms with Gasteiger partial charge >= 0.3 is 0 Å². The first kappa shape index (κ1) is 36.9. The van der Waals surface area contributed by atoms with Crippen LogP contribution in [0.2, 0.25) is 0 Å². The van der Waals surface area contributed by atoms with Crippen molar-refractivity contribution in [1.29, 1.82) is 0 Å². The summed E-state index contributed by atoms with van der Waals surface area (Å²) in [4.78, 5) is 49.0. The minimum atomic E-state index is -4.30. The molecule has 13 nitrogen and oxygen atoms in total. The first-order valence-electron chi connectivity index (χ1n) is 15.7. The van der Waals surface area contributed by atoms with Crippen molar-refractivity contribution in [2.75, 3.05) is 13.7 Å². The summed E-state index contributed by atoms with van der Waals surface area (Å²) >= 11 is 0. The minimum absolute atomic E-state index is 0.0170. The Hall–Kier alpha value is -4.89. The molecule has 0 saturated carbocycles. The second-order valence-corrected chi connectivity index (χ2v) is 13.3. The third-order valence-electron chi connectivity index (χ3n) is 7.78. The van der Waals surface area contributed by atoms with Crippen molar-refractivity contribution in [2.45, 2.75) is 62.3 Å². The summed E-state index contributed by atoms with van der Waals surface area (Å²) in [6.07, 6.45) is -2.07. The average Bonchev–Trinajstić information content (AvgIpc) is 3.10. The van der Waals surface area contributed by atoms with Crippen LogP contribution < -0.4 is 21.1 Å². The molecule has 0 fully saturated rings. The van der Waals surface area contributed by atoms with Crippen LogP contribution in [0.5, 0.6) is 5.75 Å². The maximum atomic E-state index is 13.7. The van der Waals surface area contributed by atoms with E-state index < -0.39 is 65.0 Å². The predicted octanol–water partition coefficient (Wildman–Crippen LogP) is 2.73. The molecule has 260 valence electrons. The fourth-order valence-electron chi connectivity index (χ4n) is 4.89. The van der Waals surface area contributed by atoms with Crippen molar-refractivity contribution in [3.63, 3.8) is 0 Å². The summed E-state index contributed by atoms with van der Waals surface area (Å²) in [7, 11) is -2.84. The lowest BCUT2D eigenvalue weighted by atomic mass is 10.00. The highest BCUT2D eigenvalue weighted by Crippen LogP contribution is 2.22. The molecular weight excluding hydrogens is 650 g/mol. The van der Waals surface area contributed by atoms with Crippen molar-refractivity contribution in [2.24, 2.45) is 5.73 Å². The van der Waals surface area contributed by atoms with Gasteiger partial charge in [-0.1, -0.05) is 66.0 Å². The molecule has 4 rings (SSSR count). The third-order valence-corrected chi connectivity index (χ3v) is 9.42. The molecule has 5 N–H and O–H groups in total. The van der Waals surface area contributed by atoms with Gasteiger partial charge in [-0.05, 0) is 61.7 Å². The van der Waals surface area contributed by atoms with Gasteiger partial charge in [-0.3, -0.25) is 19.2 Å². The summed E-state index contributed by atoms with van der Waals surface area (Å²) in [5, 5.41) is 17.6. The highest BCUT2D eigenvalue weighted by molar-refractivity contribution is 7.89. The number of aromatic nitrogens is 1. The van der Waals surface area contributed by atoms with Gasteiger partial charge in [-0.15, -0.1) is 0 Å². The molecule has 1 heterocycles. The van der Waals surface area contributed by atoms with Gasteiger partial charge in [-0.25, -0.2) is 13.4 Å². The molecule has 49 heavy (non-hydrogen) atoms. The molecule has 0 radical (unpaired) electrons. The molecular formula is C35H41N5O8S. The van der Waals surface area contributed by atoms with Gasteiger partial charge in [0.1, 0.15) is 17.5 Å². The summed E-state index contributed by atoms with van der Waals surface area (Å²) in [6.45, 7) is 2.94. The largest absolute Gasteiger partial charge is 0.497 e. The number of hydrogen-bond donors (Lipinski definition) is 4. The van der Waals surface area contributed by atoms with E-state index in [1.165, 1.54) is 37.4 Å². The lowest BCUT2D eigenvalue weighted by Gasteiger charge is -2.31. The molecule has 14 heteroatoms. The van der Waals surface area contributed by atoms with Gasteiger partial charge in [0, 0.05) is 5.39 Å². The second kappa shape index (κ2) is 17.0. The number of aliphatic hydroxyl groups excluding tert-OH is 1. The van der Waals surface area contributed by atoms with Crippen LogP contribution >= 0.6 is 0 Å². The normalized spacial score (nSPS) is 14.1. The van der Waals surface area contributed by atoms with Crippen LogP contribution in [0.25, 0.3) is 10.9 Å². The van der Waals surface area contributed by atoms with Gasteiger partial charge in [0.25, 0.3) is 15.9 Å². The number of hydrogen-bond acceptors (Lipinski definition) is 9. The lowest BCUT2D eigenvalue weighted by molar-refractivity contribution is -0.144. The van der Waals surface area contributed by atoms with Crippen molar-refractivity contribution in [3.05, 3.63) is 102 Å². The molecule has 0 spiro atoms. The number of nitrogens with zero attached hydrogens (tertiary/aromatic N) is 2. The van der Waals surface area contributed by atoms with Crippen LogP contribution in [-0.2, 0) is 30.9 Å².